The number of hydrogen-bond acceptors (Lipinski definition) is 2. The summed E-state index contributed by atoms with van der Waals surface area (Å²) in [6.45, 7) is 2.01. The number of nitrogens with one attached hydrogen (secondary N) is 1. The highest BCUT2D eigenvalue weighted by atomic mass is 14.9. The molecule has 0 aromatic heterocycles. The van der Waals surface area contributed by atoms with Crippen LogP contribution in [0.4, 0.5) is 17.1 Å². The fourth-order valence-electron chi connectivity index (χ4n) is 2.19. The third-order valence-corrected chi connectivity index (χ3v) is 3.31. The van der Waals surface area contributed by atoms with Crippen molar-refractivity contribution in [2.45, 2.75) is 6.92 Å². The van der Waals surface area contributed by atoms with Crippen LogP contribution in [0.5, 0.6) is 0 Å². The zero-order valence-electron chi connectivity index (χ0n) is 10.9. The highest BCUT2D eigenvalue weighted by Gasteiger charge is 1.99. The second kappa shape index (κ2) is 4.65. The second-order valence-electron chi connectivity index (χ2n) is 4.76. The van der Waals surface area contributed by atoms with Gasteiger partial charge in [-0.05, 0) is 53.6 Å². The number of rotatable bonds is 2. The predicted octanol–water partition coefficient (Wildman–Crippen LogP) is 4.47. The van der Waals surface area contributed by atoms with Gasteiger partial charge in [-0.1, -0.05) is 30.3 Å². The molecule has 0 unspecified atom stereocenters. The molecule has 0 bridgehead atoms. The molecule has 3 aromatic carbocycles. The van der Waals surface area contributed by atoms with Gasteiger partial charge in [-0.15, -0.1) is 0 Å². The van der Waals surface area contributed by atoms with Crippen LogP contribution in [-0.4, -0.2) is 0 Å². The minimum absolute atomic E-state index is 0.823. The first-order valence-corrected chi connectivity index (χ1v) is 6.34. The van der Waals surface area contributed by atoms with Crippen molar-refractivity contribution < 1.29 is 0 Å². The summed E-state index contributed by atoms with van der Waals surface area (Å²) >= 11 is 0. The van der Waals surface area contributed by atoms with E-state index in [2.05, 4.69) is 53.8 Å². The van der Waals surface area contributed by atoms with Gasteiger partial charge in [0.1, 0.15) is 0 Å². The van der Waals surface area contributed by atoms with Gasteiger partial charge in [0.15, 0.2) is 0 Å². The minimum Gasteiger partial charge on any atom is -0.399 e. The molecule has 0 atom stereocenters. The van der Waals surface area contributed by atoms with Crippen LogP contribution in [-0.2, 0) is 0 Å². The summed E-state index contributed by atoms with van der Waals surface area (Å²) in [7, 11) is 0. The number of hydrogen-bond donors (Lipinski definition) is 2. The molecule has 2 nitrogen and oxygen atoms in total. The Bertz CT molecular complexity index is 732. The Morgan fingerprint density at radius 2 is 1.47 bits per heavy atom. The Labute approximate surface area is 112 Å². The van der Waals surface area contributed by atoms with Gasteiger partial charge in [0.05, 0.1) is 0 Å². The monoisotopic (exact) mass is 248 g/mol. The average Bonchev–Trinajstić information content (AvgIpc) is 2.43. The van der Waals surface area contributed by atoms with E-state index in [0.717, 1.165) is 22.6 Å². The van der Waals surface area contributed by atoms with Crippen molar-refractivity contribution in [1.82, 2.24) is 0 Å². The van der Waals surface area contributed by atoms with E-state index < -0.39 is 0 Å². The molecule has 0 spiro atoms. The van der Waals surface area contributed by atoms with Crippen molar-refractivity contribution in [3.8, 4) is 0 Å². The SMILES string of the molecule is Cc1cc(Nc2ccc3ccccc3c2)ccc1N. The normalized spacial score (nSPS) is 10.6. The van der Waals surface area contributed by atoms with E-state index in [0.29, 0.717) is 0 Å². The van der Waals surface area contributed by atoms with Crippen molar-refractivity contribution >= 4 is 27.8 Å². The van der Waals surface area contributed by atoms with Crippen LogP contribution in [0.25, 0.3) is 10.8 Å². The molecular weight excluding hydrogens is 232 g/mol. The quantitative estimate of drug-likeness (QED) is 0.656. The maximum atomic E-state index is 5.83. The lowest BCUT2D eigenvalue weighted by Gasteiger charge is -2.09. The van der Waals surface area contributed by atoms with Gasteiger partial charge in [0, 0.05) is 17.1 Å². The molecule has 3 aromatic rings. The Kier molecular flexibility index (Phi) is 2.84. The molecule has 2 heteroatoms. The first kappa shape index (κ1) is 11.6. The predicted molar refractivity (Wildman–Crippen MR) is 82.8 cm³/mol. The number of aryl methyl sites for hydroxylation is 1. The number of nitrogen functional groups attached to an aromatic ring is 1. The maximum absolute atomic E-state index is 5.83. The summed E-state index contributed by atoms with van der Waals surface area (Å²) in [5.74, 6) is 0. The summed E-state index contributed by atoms with van der Waals surface area (Å²) < 4.78 is 0. The molecule has 3 N–H and O–H groups in total. The van der Waals surface area contributed by atoms with Gasteiger partial charge in [0.2, 0.25) is 0 Å². The summed E-state index contributed by atoms with van der Waals surface area (Å²) in [6, 6.07) is 20.7. The highest BCUT2D eigenvalue weighted by molar-refractivity contribution is 5.86. The van der Waals surface area contributed by atoms with E-state index in [4.69, 9.17) is 5.73 Å². The Balaban J connectivity index is 1.94. The van der Waals surface area contributed by atoms with E-state index in [1.54, 1.807) is 0 Å². The molecular formula is C17H16N2. The average molecular weight is 248 g/mol. The van der Waals surface area contributed by atoms with E-state index >= 15 is 0 Å². The van der Waals surface area contributed by atoms with E-state index in [9.17, 15) is 0 Å². The van der Waals surface area contributed by atoms with Crippen molar-refractivity contribution in [3.63, 3.8) is 0 Å². The number of anilines is 3. The topological polar surface area (TPSA) is 38.0 Å². The molecule has 3 rings (SSSR count). The van der Waals surface area contributed by atoms with Gasteiger partial charge in [-0.2, -0.15) is 0 Å². The van der Waals surface area contributed by atoms with Crippen LogP contribution in [0, 0.1) is 6.92 Å². The first-order chi connectivity index (χ1) is 9.22. The highest BCUT2D eigenvalue weighted by Crippen LogP contribution is 2.24. The lowest BCUT2D eigenvalue weighted by atomic mass is 10.1. The number of nitrogens with two attached hydrogens (primary N) is 1. The molecule has 0 aliphatic carbocycles. The summed E-state index contributed by atoms with van der Waals surface area (Å²) in [6.07, 6.45) is 0. The van der Waals surface area contributed by atoms with Gasteiger partial charge in [-0.25, -0.2) is 0 Å². The van der Waals surface area contributed by atoms with Crippen molar-refractivity contribution in [2.75, 3.05) is 11.1 Å². The lowest BCUT2D eigenvalue weighted by molar-refractivity contribution is 1.45. The largest absolute Gasteiger partial charge is 0.399 e. The molecule has 0 fully saturated rings. The number of benzene rings is 3. The molecule has 0 saturated heterocycles. The smallest absolute Gasteiger partial charge is 0.0390 e. The van der Waals surface area contributed by atoms with Crippen molar-refractivity contribution in [2.24, 2.45) is 0 Å². The van der Waals surface area contributed by atoms with Gasteiger partial charge in [0.25, 0.3) is 0 Å². The zero-order valence-corrected chi connectivity index (χ0v) is 10.9. The molecule has 0 saturated carbocycles. The fraction of sp³-hybridized carbons (Fsp3) is 0.0588. The van der Waals surface area contributed by atoms with E-state index in [-0.39, 0.29) is 0 Å². The third-order valence-electron chi connectivity index (χ3n) is 3.31. The van der Waals surface area contributed by atoms with Crippen molar-refractivity contribution in [3.05, 3.63) is 66.2 Å². The van der Waals surface area contributed by atoms with Crippen LogP contribution < -0.4 is 11.1 Å². The molecule has 0 aliphatic heterocycles. The molecule has 0 aliphatic rings. The van der Waals surface area contributed by atoms with Crippen molar-refractivity contribution in [1.29, 1.82) is 0 Å². The van der Waals surface area contributed by atoms with Crippen LogP contribution in [0.15, 0.2) is 60.7 Å². The van der Waals surface area contributed by atoms with Gasteiger partial charge >= 0.3 is 0 Å². The standard InChI is InChI=1S/C17H16N2/c1-12-10-15(8-9-17(12)18)19-16-7-6-13-4-2-3-5-14(13)11-16/h2-11,19H,18H2,1H3. The summed E-state index contributed by atoms with van der Waals surface area (Å²) in [5, 5.41) is 5.90. The minimum atomic E-state index is 0.823. The first-order valence-electron chi connectivity index (χ1n) is 6.34. The summed E-state index contributed by atoms with van der Waals surface area (Å²) in [4.78, 5) is 0. The second-order valence-corrected chi connectivity index (χ2v) is 4.76. The molecule has 0 amide bonds. The molecule has 0 radical (unpaired) electrons. The van der Waals surface area contributed by atoms with Crippen LogP contribution >= 0.6 is 0 Å². The zero-order chi connectivity index (χ0) is 13.2. The Hall–Kier alpha value is -2.48. The van der Waals surface area contributed by atoms with Crippen LogP contribution in [0.2, 0.25) is 0 Å². The Morgan fingerprint density at radius 3 is 2.26 bits per heavy atom. The van der Waals surface area contributed by atoms with E-state index in [1.807, 2.05) is 19.1 Å². The molecule has 0 heterocycles. The third kappa shape index (κ3) is 2.38. The maximum Gasteiger partial charge on any atom is 0.0390 e. The Morgan fingerprint density at radius 1 is 0.789 bits per heavy atom. The summed E-state index contributed by atoms with van der Waals surface area (Å²) in [5.41, 5.74) is 9.88. The van der Waals surface area contributed by atoms with Crippen LogP contribution in [0.1, 0.15) is 5.56 Å². The lowest BCUT2D eigenvalue weighted by Crippen LogP contribution is -1.94. The van der Waals surface area contributed by atoms with Crippen LogP contribution in [0.3, 0.4) is 0 Å². The number of fused-ring (bicyclic) bond motifs is 1. The van der Waals surface area contributed by atoms with Gasteiger partial charge in [-0.3, -0.25) is 0 Å². The van der Waals surface area contributed by atoms with E-state index in [1.165, 1.54) is 10.8 Å². The molecule has 94 valence electrons. The molecule has 19 heavy (non-hydrogen) atoms. The van der Waals surface area contributed by atoms with Gasteiger partial charge < -0.3 is 11.1 Å². The fourth-order valence-corrected chi connectivity index (χ4v) is 2.19.